The van der Waals surface area contributed by atoms with Gasteiger partial charge in [0.05, 0.1) is 10.2 Å². The van der Waals surface area contributed by atoms with Crippen LogP contribution in [0.5, 0.6) is 5.88 Å². The van der Waals surface area contributed by atoms with Crippen LogP contribution in [0.15, 0.2) is 15.1 Å². The van der Waals surface area contributed by atoms with E-state index in [1.807, 2.05) is 0 Å². The van der Waals surface area contributed by atoms with Gasteiger partial charge in [-0.2, -0.15) is 0 Å². The number of halogens is 2. The van der Waals surface area contributed by atoms with Crippen molar-refractivity contribution in [3.8, 4) is 5.88 Å². The zero-order valence-corrected chi connectivity index (χ0v) is 10.9. The SMILES string of the molecule is CNc1c(Br)cnc(OCC(=O)O)c1Br. The van der Waals surface area contributed by atoms with E-state index < -0.39 is 12.6 Å². The number of hydrogen-bond acceptors (Lipinski definition) is 4. The molecule has 1 aromatic heterocycles. The van der Waals surface area contributed by atoms with Crippen molar-refractivity contribution >= 4 is 43.5 Å². The average Bonchev–Trinajstić information content (AvgIpc) is 2.17. The molecule has 15 heavy (non-hydrogen) atoms. The lowest BCUT2D eigenvalue weighted by molar-refractivity contribution is -0.139. The van der Waals surface area contributed by atoms with E-state index >= 15 is 0 Å². The van der Waals surface area contributed by atoms with Crippen molar-refractivity contribution in [3.63, 3.8) is 0 Å². The minimum atomic E-state index is -1.04. The second kappa shape index (κ2) is 5.32. The molecule has 0 spiro atoms. The summed E-state index contributed by atoms with van der Waals surface area (Å²) in [6.07, 6.45) is 1.54. The summed E-state index contributed by atoms with van der Waals surface area (Å²) < 4.78 is 6.32. The van der Waals surface area contributed by atoms with Gasteiger partial charge in [0.15, 0.2) is 6.61 Å². The molecular weight excluding hydrogens is 332 g/mol. The van der Waals surface area contributed by atoms with Gasteiger partial charge in [-0.25, -0.2) is 9.78 Å². The first-order valence-corrected chi connectivity index (χ1v) is 5.51. The van der Waals surface area contributed by atoms with Crippen molar-refractivity contribution in [2.24, 2.45) is 0 Å². The van der Waals surface area contributed by atoms with E-state index in [9.17, 15) is 4.79 Å². The fraction of sp³-hybridized carbons (Fsp3) is 0.250. The molecule has 0 amide bonds. The zero-order chi connectivity index (χ0) is 11.4. The van der Waals surface area contributed by atoms with E-state index in [4.69, 9.17) is 9.84 Å². The maximum Gasteiger partial charge on any atom is 0.341 e. The first-order valence-electron chi connectivity index (χ1n) is 3.92. The Bertz CT molecular complexity index is 384. The largest absolute Gasteiger partial charge is 0.479 e. The molecule has 0 unspecified atom stereocenters. The Kier molecular flexibility index (Phi) is 4.34. The Morgan fingerprint density at radius 2 is 2.33 bits per heavy atom. The number of aliphatic carboxylic acids is 1. The molecule has 7 heteroatoms. The molecule has 1 aromatic rings. The minimum absolute atomic E-state index is 0.241. The van der Waals surface area contributed by atoms with Crippen molar-refractivity contribution in [1.29, 1.82) is 0 Å². The predicted molar refractivity (Wildman–Crippen MR) is 62.3 cm³/mol. The van der Waals surface area contributed by atoms with Crippen LogP contribution in [0.2, 0.25) is 0 Å². The van der Waals surface area contributed by atoms with Gasteiger partial charge in [-0.05, 0) is 31.9 Å². The van der Waals surface area contributed by atoms with Crippen LogP contribution in [-0.2, 0) is 4.79 Å². The molecular formula is C8H8Br2N2O3. The maximum absolute atomic E-state index is 10.3. The number of carbonyl (C=O) groups is 1. The average molecular weight is 340 g/mol. The summed E-state index contributed by atoms with van der Waals surface area (Å²) in [5.41, 5.74) is 0.755. The lowest BCUT2D eigenvalue weighted by Crippen LogP contribution is -2.11. The molecule has 0 aliphatic carbocycles. The highest BCUT2D eigenvalue weighted by atomic mass is 79.9. The fourth-order valence-corrected chi connectivity index (χ4v) is 2.30. The molecule has 0 aliphatic rings. The number of hydrogen-bond donors (Lipinski definition) is 2. The van der Waals surface area contributed by atoms with Crippen LogP contribution in [0.25, 0.3) is 0 Å². The number of nitrogens with one attached hydrogen (secondary N) is 1. The molecule has 0 fully saturated rings. The molecule has 5 nitrogen and oxygen atoms in total. The Morgan fingerprint density at radius 1 is 1.67 bits per heavy atom. The van der Waals surface area contributed by atoms with Gasteiger partial charge in [0.1, 0.15) is 4.47 Å². The number of nitrogens with zero attached hydrogens (tertiary/aromatic N) is 1. The molecule has 0 bridgehead atoms. The van der Waals surface area contributed by atoms with E-state index in [2.05, 4.69) is 42.2 Å². The Hall–Kier alpha value is -0.820. The van der Waals surface area contributed by atoms with Crippen LogP contribution in [0.3, 0.4) is 0 Å². The van der Waals surface area contributed by atoms with Crippen LogP contribution in [-0.4, -0.2) is 29.7 Å². The van der Waals surface area contributed by atoms with Crippen LogP contribution < -0.4 is 10.1 Å². The summed E-state index contributed by atoms with van der Waals surface area (Å²) in [5.74, 6) is -0.803. The molecule has 0 radical (unpaired) electrons. The molecule has 0 saturated heterocycles. The van der Waals surface area contributed by atoms with Gasteiger partial charge < -0.3 is 15.2 Å². The van der Waals surface area contributed by atoms with E-state index in [1.54, 1.807) is 7.05 Å². The van der Waals surface area contributed by atoms with Gasteiger partial charge in [-0.1, -0.05) is 0 Å². The van der Waals surface area contributed by atoms with Gasteiger partial charge in [0, 0.05) is 13.2 Å². The van der Waals surface area contributed by atoms with Crippen molar-refractivity contribution < 1.29 is 14.6 Å². The predicted octanol–water partition coefficient (Wildman–Crippen LogP) is 2.11. The van der Waals surface area contributed by atoms with Gasteiger partial charge in [-0.3, -0.25) is 0 Å². The van der Waals surface area contributed by atoms with Crippen molar-refractivity contribution in [3.05, 3.63) is 15.1 Å². The highest BCUT2D eigenvalue weighted by molar-refractivity contribution is 9.11. The smallest absolute Gasteiger partial charge is 0.341 e. The summed E-state index contributed by atoms with van der Waals surface area (Å²) in [6.45, 7) is -0.420. The summed E-state index contributed by atoms with van der Waals surface area (Å²) in [6, 6.07) is 0. The number of pyridine rings is 1. The number of carboxylic acids is 1. The summed E-state index contributed by atoms with van der Waals surface area (Å²) in [7, 11) is 1.74. The summed E-state index contributed by atoms with van der Waals surface area (Å²) in [5, 5.41) is 11.4. The highest BCUT2D eigenvalue weighted by Gasteiger charge is 2.12. The standard InChI is InChI=1S/C8H8Br2N2O3/c1-11-7-4(9)2-12-8(6(7)10)15-3-5(13)14/h2H,3H2,1H3,(H,11,12)(H,13,14). The van der Waals surface area contributed by atoms with Crippen LogP contribution >= 0.6 is 31.9 Å². The number of aromatic nitrogens is 1. The Balaban J connectivity index is 2.94. The van der Waals surface area contributed by atoms with Crippen LogP contribution in [0.4, 0.5) is 5.69 Å². The first kappa shape index (κ1) is 12.3. The van der Waals surface area contributed by atoms with Gasteiger partial charge >= 0.3 is 5.97 Å². The van der Waals surface area contributed by atoms with E-state index in [0.29, 0.717) is 4.47 Å². The molecule has 1 rings (SSSR count). The quantitative estimate of drug-likeness (QED) is 0.879. The molecule has 0 atom stereocenters. The van der Waals surface area contributed by atoms with Gasteiger partial charge in [0.25, 0.3) is 0 Å². The van der Waals surface area contributed by atoms with Crippen molar-refractivity contribution in [2.45, 2.75) is 0 Å². The molecule has 0 aliphatic heterocycles. The second-order valence-corrected chi connectivity index (χ2v) is 4.18. The number of carboxylic acid groups (broad SMARTS) is 1. The summed E-state index contributed by atoms with van der Waals surface area (Å²) in [4.78, 5) is 14.3. The topological polar surface area (TPSA) is 71.5 Å². The third kappa shape index (κ3) is 3.07. The van der Waals surface area contributed by atoms with Crippen molar-refractivity contribution in [1.82, 2.24) is 4.98 Å². The summed E-state index contributed by atoms with van der Waals surface area (Å²) >= 11 is 6.56. The van der Waals surface area contributed by atoms with Crippen LogP contribution in [0, 0.1) is 0 Å². The number of ether oxygens (including phenoxy) is 1. The molecule has 0 saturated carbocycles. The zero-order valence-electron chi connectivity index (χ0n) is 7.75. The van der Waals surface area contributed by atoms with E-state index in [1.165, 1.54) is 6.20 Å². The maximum atomic E-state index is 10.3. The first-order chi connectivity index (χ1) is 7.06. The lowest BCUT2D eigenvalue weighted by Gasteiger charge is -2.10. The molecule has 0 aromatic carbocycles. The van der Waals surface area contributed by atoms with E-state index in [0.717, 1.165) is 10.2 Å². The normalized spacial score (nSPS) is 9.80. The highest BCUT2D eigenvalue weighted by Crippen LogP contribution is 2.35. The number of rotatable bonds is 4. The third-order valence-corrected chi connectivity index (χ3v) is 2.86. The molecule has 82 valence electrons. The van der Waals surface area contributed by atoms with Gasteiger partial charge in [-0.15, -0.1) is 0 Å². The van der Waals surface area contributed by atoms with E-state index in [-0.39, 0.29) is 5.88 Å². The monoisotopic (exact) mass is 338 g/mol. The Morgan fingerprint density at radius 3 is 2.87 bits per heavy atom. The Labute approximate surface area is 103 Å². The minimum Gasteiger partial charge on any atom is -0.479 e. The molecule has 2 N–H and O–H groups in total. The lowest BCUT2D eigenvalue weighted by atomic mass is 10.4. The van der Waals surface area contributed by atoms with Crippen molar-refractivity contribution in [2.75, 3.05) is 19.0 Å². The van der Waals surface area contributed by atoms with Crippen LogP contribution in [0.1, 0.15) is 0 Å². The number of anilines is 1. The second-order valence-electron chi connectivity index (χ2n) is 2.53. The fourth-order valence-electron chi connectivity index (χ4n) is 0.908. The third-order valence-electron chi connectivity index (χ3n) is 1.52. The van der Waals surface area contributed by atoms with Gasteiger partial charge in [0.2, 0.25) is 5.88 Å². The molecule has 1 heterocycles.